The van der Waals surface area contributed by atoms with Gasteiger partial charge in [-0.3, -0.25) is 4.79 Å². The number of halogens is 2. The Bertz CT molecular complexity index is 529. The largest absolute Gasteiger partial charge is 0.494 e. The van der Waals surface area contributed by atoms with Crippen molar-refractivity contribution in [2.45, 2.75) is 39.2 Å². The fourth-order valence-electron chi connectivity index (χ4n) is 2.76. The number of carbonyl (C=O) groups excluding carboxylic acids is 1. The second-order valence-corrected chi connectivity index (χ2v) is 6.83. The average Bonchev–Trinajstić information content (AvgIpc) is 2.70. The molecule has 1 N–H and O–H groups in total. The quantitative estimate of drug-likeness (QED) is 0.902. The van der Waals surface area contributed by atoms with E-state index in [1.807, 2.05) is 0 Å². The molecule has 0 radical (unpaired) electrons. The van der Waals surface area contributed by atoms with Gasteiger partial charge in [0.2, 0.25) is 0 Å². The molecule has 1 unspecified atom stereocenters. The summed E-state index contributed by atoms with van der Waals surface area (Å²) in [7, 11) is 1.48. The van der Waals surface area contributed by atoms with Crippen molar-refractivity contribution in [2.75, 3.05) is 7.11 Å². The smallest absolute Gasteiger partial charge is 0.256 e. The van der Waals surface area contributed by atoms with Gasteiger partial charge in [-0.15, -0.1) is 0 Å². The Kier molecular flexibility index (Phi) is 4.50. The summed E-state index contributed by atoms with van der Waals surface area (Å²) in [6.45, 7) is 4.43. The molecular weight excluding hydrogens is 297 g/mol. The molecule has 0 bridgehead atoms. The third-order valence-electron chi connectivity index (χ3n) is 3.79. The molecule has 110 valence electrons. The first-order valence-electron chi connectivity index (χ1n) is 6.67. The van der Waals surface area contributed by atoms with Gasteiger partial charge in [-0.25, -0.2) is 0 Å². The van der Waals surface area contributed by atoms with Crippen LogP contribution in [0.25, 0.3) is 0 Å². The first kappa shape index (κ1) is 15.5. The number of rotatable bonds is 3. The number of nitrogens with one attached hydrogen (secondary N) is 1. The summed E-state index contributed by atoms with van der Waals surface area (Å²) in [5.41, 5.74) is 0.589. The van der Waals surface area contributed by atoms with Crippen LogP contribution in [-0.4, -0.2) is 19.1 Å². The van der Waals surface area contributed by atoms with E-state index in [0.29, 0.717) is 21.4 Å². The van der Waals surface area contributed by atoms with Crippen molar-refractivity contribution in [1.29, 1.82) is 0 Å². The van der Waals surface area contributed by atoms with Crippen molar-refractivity contribution in [1.82, 2.24) is 5.32 Å². The number of hydrogen-bond donors (Lipinski definition) is 1. The van der Waals surface area contributed by atoms with Crippen LogP contribution in [0.4, 0.5) is 0 Å². The second-order valence-electron chi connectivity index (χ2n) is 6.01. The highest BCUT2D eigenvalue weighted by molar-refractivity contribution is 6.37. The van der Waals surface area contributed by atoms with Gasteiger partial charge in [0, 0.05) is 6.04 Å². The third-order valence-corrected chi connectivity index (χ3v) is 4.41. The van der Waals surface area contributed by atoms with Crippen molar-refractivity contribution >= 4 is 29.1 Å². The number of methoxy groups -OCH3 is 1. The van der Waals surface area contributed by atoms with Crippen molar-refractivity contribution in [2.24, 2.45) is 5.41 Å². The molecule has 1 amide bonds. The molecule has 1 aromatic carbocycles. The van der Waals surface area contributed by atoms with Crippen LogP contribution in [0.5, 0.6) is 5.75 Å². The summed E-state index contributed by atoms with van der Waals surface area (Å²) in [4.78, 5) is 12.4. The van der Waals surface area contributed by atoms with Crippen LogP contribution in [0, 0.1) is 5.41 Å². The summed E-state index contributed by atoms with van der Waals surface area (Å²) >= 11 is 12.2. The van der Waals surface area contributed by atoms with E-state index in [1.165, 1.54) is 7.11 Å². The summed E-state index contributed by atoms with van der Waals surface area (Å²) in [5.74, 6) is 0.103. The molecule has 0 spiro atoms. The number of benzene rings is 1. The van der Waals surface area contributed by atoms with Gasteiger partial charge in [-0.2, -0.15) is 0 Å². The lowest BCUT2D eigenvalue weighted by Crippen LogP contribution is -2.34. The van der Waals surface area contributed by atoms with E-state index in [1.54, 1.807) is 12.1 Å². The lowest BCUT2D eigenvalue weighted by atomic mass is 9.92. The van der Waals surface area contributed by atoms with Gasteiger partial charge in [0.05, 0.1) is 17.2 Å². The van der Waals surface area contributed by atoms with Gasteiger partial charge in [-0.05, 0) is 36.8 Å². The van der Waals surface area contributed by atoms with Gasteiger partial charge in [0.1, 0.15) is 5.56 Å². The Hall–Kier alpha value is -0.930. The maximum atomic E-state index is 12.4. The molecule has 1 atom stereocenters. The zero-order valence-corrected chi connectivity index (χ0v) is 13.4. The molecule has 5 heteroatoms. The predicted octanol–water partition coefficient (Wildman–Crippen LogP) is 4.31. The fourth-order valence-corrected chi connectivity index (χ4v) is 3.23. The van der Waals surface area contributed by atoms with E-state index in [9.17, 15) is 4.79 Å². The van der Waals surface area contributed by atoms with Crippen LogP contribution in [0.3, 0.4) is 0 Å². The molecule has 3 nitrogen and oxygen atoms in total. The average molecular weight is 316 g/mol. The third kappa shape index (κ3) is 3.21. The number of amides is 1. The van der Waals surface area contributed by atoms with Gasteiger partial charge in [-0.1, -0.05) is 37.0 Å². The lowest BCUT2D eigenvalue weighted by molar-refractivity contribution is 0.0933. The van der Waals surface area contributed by atoms with Gasteiger partial charge >= 0.3 is 0 Å². The predicted molar refractivity (Wildman–Crippen MR) is 81.9 cm³/mol. The minimum atomic E-state index is -0.225. The number of carbonyl (C=O) groups is 1. The van der Waals surface area contributed by atoms with Crippen LogP contribution in [0.2, 0.25) is 10.0 Å². The van der Waals surface area contributed by atoms with Crippen LogP contribution in [0.15, 0.2) is 12.1 Å². The molecule has 0 aromatic heterocycles. The molecule has 1 aliphatic carbocycles. The minimum absolute atomic E-state index is 0.178. The molecule has 1 aliphatic rings. The maximum absolute atomic E-state index is 12.4. The Labute approximate surface area is 129 Å². The van der Waals surface area contributed by atoms with Gasteiger partial charge in [0.25, 0.3) is 5.91 Å². The van der Waals surface area contributed by atoms with Gasteiger partial charge in [0.15, 0.2) is 5.75 Å². The van der Waals surface area contributed by atoms with Crippen LogP contribution in [0.1, 0.15) is 43.5 Å². The van der Waals surface area contributed by atoms with Gasteiger partial charge < -0.3 is 10.1 Å². The van der Waals surface area contributed by atoms with Crippen molar-refractivity contribution in [3.8, 4) is 5.75 Å². The highest BCUT2D eigenvalue weighted by Gasteiger charge is 2.32. The Morgan fingerprint density at radius 1 is 1.35 bits per heavy atom. The molecule has 0 saturated heterocycles. The van der Waals surface area contributed by atoms with Crippen molar-refractivity contribution < 1.29 is 9.53 Å². The Morgan fingerprint density at radius 2 is 2.00 bits per heavy atom. The summed E-state index contributed by atoms with van der Waals surface area (Å²) in [5, 5.41) is 3.76. The molecule has 1 saturated carbocycles. The zero-order chi connectivity index (χ0) is 14.9. The monoisotopic (exact) mass is 315 g/mol. The molecule has 1 aromatic rings. The Balaban J connectivity index is 2.20. The molecule has 0 aliphatic heterocycles. The van der Waals surface area contributed by atoms with Crippen LogP contribution < -0.4 is 10.1 Å². The summed E-state index contributed by atoms with van der Waals surface area (Å²) in [6, 6.07) is 3.41. The first-order chi connectivity index (χ1) is 9.34. The highest BCUT2D eigenvalue weighted by Crippen LogP contribution is 2.38. The fraction of sp³-hybridized carbons (Fsp3) is 0.533. The summed E-state index contributed by atoms with van der Waals surface area (Å²) in [6.07, 6.45) is 3.07. The van der Waals surface area contributed by atoms with E-state index in [4.69, 9.17) is 27.9 Å². The normalized spacial score (nSPS) is 20.8. The van der Waals surface area contributed by atoms with Crippen molar-refractivity contribution in [3.63, 3.8) is 0 Å². The van der Waals surface area contributed by atoms with E-state index in [2.05, 4.69) is 19.2 Å². The van der Waals surface area contributed by atoms with E-state index in [-0.39, 0.29) is 17.4 Å². The molecule has 20 heavy (non-hydrogen) atoms. The van der Waals surface area contributed by atoms with E-state index < -0.39 is 0 Å². The molecule has 1 fully saturated rings. The number of hydrogen-bond acceptors (Lipinski definition) is 2. The SMILES string of the molecule is COc1c(Cl)ccc(Cl)c1C(=O)NC1CCC(C)(C)C1. The lowest BCUT2D eigenvalue weighted by Gasteiger charge is -2.19. The van der Waals surface area contributed by atoms with Crippen molar-refractivity contribution in [3.05, 3.63) is 27.7 Å². The second kappa shape index (κ2) is 5.82. The van der Waals surface area contributed by atoms with Crippen LogP contribution >= 0.6 is 23.2 Å². The molecule has 0 heterocycles. The number of ether oxygens (including phenoxy) is 1. The summed E-state index contributed by atoms with van der Waals surface area (Å²) < 4.78 is 5.21. The van der Waals surface area contributed by atoms with E-state index in [0.717, 1.165) is 19.3 Å². The molecule has 2 rings (SSSR count). The topological polar surface area (TPSA) is 38.3 Å². The standard InChI is InChI=1S/C15H19Cl2NO2/c1-15(2)7-6-9(8-15)18-14(19)12-10(16)4-5-11(17)13(12)20-3/h4-5,9H,6-8H2,1-3H3,(H,18,19). The first-order valence-corrected chi connectivity index (χ1v) is 7.42. The molecular formula is C15H19Cl2NO2. The maximum Gasteiger partial charge on any atom is 0.256 e. The Morgan fingerprint density at radius 3 is 2.55 bits per heavy atom. The van der Waals surface area contributed by atoms with E-state index >= 15 is 0 Å². The zero-order valence-electron chi connectivity index (χ0n) is 11.9. The minimum Gasteiger partial charge on any atom is -0.494 e. The highest BCUT2D eigenvalue weighted by atomic mass is 35.5. The van der Waals surface area contributed by atoms with Crippen LogP contribution in [-0.2, 0) is 0 Å².